The maximum atomic E-state index is 13.7. The fourth-order valence-electron chi connectivity index (χ4n) is 5.07. The SMILES string of the molecule is O=C(CCN1C(=S)N[C@H](c2ccccn2)[C@H]1c1ccc(-c2ccc(F)cc2Br)o1)Nc1cccc2ccccc12. The third-order valence-corrected chi connectivity index (χ3v) is 7.96. The Morgan fingerprint density at radius 2 is 1.88 bits per heavy atom. The zero-order valence-electron chi connectivity index (χ0n) is 21.2. The van der Waals surface area contributed by atoms with E-state index in [9.17, 15) is 9.18 Å². The van der Waals surface area contributed by atoms with Gasteiger partial charge in [-0.15, -0.1) is 0 Å². The van der Waals surface area contributed by atoms with Crippen molar-refractivity contribution in [3.05, 3.63) is 119 Å². The van der Waals surface area contributed by atoms with E-state index in [-0.39, 0.29) is 30.2 Å². The molecule has 40 heavy (non-hydrogen) atoms. The number of anilines is 1. The first-order valence-corrected chi connectivity index (χ1v) is 14.0. The molecule has 9 heteroatoms. The van der Waals surface area contributed by atoms with Crippen LogP contribution in [-0.4, -0.2) is 27.4 Å². The molecule has 0 saturated carbocycles. The highest BCUT2D eigenvalue weighted by atomic mass is 79.9. The van der Waals surface area contributed by atoms with Crippen molar-refractivity contribution < 1.29 is 13.6 Å². The van der Waals surface area contributed by atoms with Crippen molar-refractivity contribution in [2.45, 2.75) is 18.5 Å². The second kappa shape index (κ2) is 11.2. The summed E-state index contributed by atoms with van der Waals surface area (Å²) in [4.78, 5) is 19.6. The average molecular weight is 616 g/mol. The molecule has 1 fully saturated rings. The van der Waals surface area contributed by atoms with E-state index in [4.69, 9.17) is 16.6 Å². The van der Waals surface area contributed by atoms with E-state index >= 15 is 0 Å². The summed E-state index contributed by atoms with van der Waals surface area (Å²) in [5, 5.41) is 8.99. The first-order chi connectivity index (χ1) is 19.5. The molecule has 6 nitrogen and oxygen atoms in total. The summed E-state index contributed by atoms with van der Waals surface area (Å²) in [6, 6.07) is 27.1. The summed E-state index contributed by atoms with van der Waals surface area (Å²) in [6.07, 6.45) is 1.95. The number of amides is 1. The minimum absolute atomic E-state index is 0.116. The number of carbonyl (C=O) groups is 1. The summed E-state index contributed by atoms with van der Waals surface area (Å²) in [6.45, 7) is 0.368. The number of hydrogen-bond donors (Lipinski definition) is 2. The predicted octanol–water partition coefficient (Wildman–Crippen LogP) is 7.40. The van der Waals surface area contributed by atoms with Crippen molar-refractivity contribution in [1.29, 1.82) is 0 Å². The molecule has 1 saturated heterocycles. The molecule has 2 aromatic heterocycles. The van der Waals surface area contributed by atoms with Crippen molar-refractivity contribution in [2.24, 2.45) is 0 Å². The summed E-state index contributed by atoms with van der Waals surface area (Å²) in [7, 11) is 0. The molecule has 3 heterocycles. The Morgan fingerprint density at radius 1 is 1.05 bits per heavy atom. The highest BCUT2D eigenvalue weighted by molar-refractivity contribution is 9.10. The molecule has 6 rings (SSSR count). The third kappa shape index (κ3) is 5.22. The van der Waals surface area contributed by atoms with Crippen LogP contribution in [0.15, 0.2) is 106 Å². The highest BCUT2D eigenvalue weighted by Crippen LogP contribution is 2.41. The Balaban J connectivity index is 1.26. The average Bonchev–Trinajstić information content (AvgIpc) is 3.57. The van der Waals surface area contributed by atoms with Gasteiger partial charge in [0.05, 0.1) is 11.7 Å². The number of aromatic nitrogens is 1. The van der Waals surface area contributed by atoms with Gasteiger partial charge in [0.15, 0.2) is 5.11 Å². The molecule has 5 aromatic rings. The number of fused-ring (bicyclic) bond motifs is 1. The molecular formula is C31H24BrFN4O2S. The van der Waals surface area contributed by atoms with Gasteiger partial charge < -0.3 is 20.0 Å². The van der Waals surface area contributed by atoms with Crippen molar-refractivity contribution >= 4 is 55.6 Å². The van der Waals surface area contributed by atoms with Crippen molar-refractivity contribution in [2.75, 3.05) is 11.9 Å². The summed E-state index contributed by atoms with van der Waals surface area (Å²) < 4.78 is 20.6. The molecule has 1 aliphatic rings. The lowest BCUT2D eigenvalue weighted by Crippen LogP contribution is -2.32. The van der Waals surface area contributed by atoms with Gasteiger partial charge in [-0.1, -0.05) is 42.5 Å². The second-order valence-corrected chi connectivity index (χ2v) is 10.7. The van der Waals surface area contributed by atoms with Crippen LogP contribution in [0.1, 0.15) is 30.0 Å². The monoisotopic (exact) mass is 614 g/mol. The number of nitrogens with one attached hydrogen (secondary N) is 2. The fourth-order valence-corrected chi connectivity index (χ4v) is 5.95. The molecule has 1 amide bonds. The zero-order valence-corrected chi connectivity index (χ0v) is 23.6. The Bertz CT molecular complexity index is 1710. The number of rotatable bonds is 7. The molecule has 0 bridgehead atoms. The maximum Gasteiger partial charge on any atom is 0.226 e. The fraction of sp³-hybridized carbons (Fsp3) is 0.129. The van der Waals surface area contributed by atoms with E-state index in [0.29, 0.717) is 27.7 Å². The molecular weight excluding hydrogens is 591 g/mol. The van der Waals surface area contributed by atoms with Crippen LogP contribution < -0.4 is 10.6 Å². The minimum atomic E-state index is -0.347. The molecule has 200 valence electrons. The Kier molecular flexibility index (Phi) is 7.32. The van der Waals surface area contributed by atoms with Crippen molar-refractivity contribution in [3.63, 3.8) is 0 Å². The molecule has 1 aliphatic heterocycles. The number of thiocarbonyl (C=S) groups is 1. The second-order valence-electron chi connectivity index (χ2n) is 9.47. The molecule has 0 spiro atoms. The van der Waals surface area contributed by atoms with Gasteiger partial charge in [-0.3, -0.25) is 9.78 Å². The van der Waals surface area contributed by atoms with Crippen molar-refractivity contribution in [1.82, 2.24) is 15.2 Å². The van der Waals surface area contributed by atoms with Crippen LogP contribution in [0.4, 0.5) is 10.1 Å². The molecule has 0 unspecified atom stereocenters. The van der Waals surface area contributed by atoms with Crippen molar-refractivity contribution in [3.8, 4) is 11.3 Å². The topological polar surface area (TPSA) is 70.4 Å². The number of nitrogens with zero attached hydrogens (tertiary/aromatic N) is 2. The largest absolute Gasteiger partial charge is 0.459 e. The highest BCUT2D eigenvalue weighted by Gasteiger charge is 2.41. The molecule has 0 radical (unpaired) electrons. The lowest BCUT2D eigenvalue weighted by molar-refractivity contribution is -0.116. The van der Waals surface area contributed by atoms with Crippen LogP contribution in [0.2, 0.25) is 0 Å². The van der Waals surface area contributed by atoms with E-state index in [0.717, 1.165) is 27.7 Å². The van der Waals surface area contributed by atoms with Gasteiger partial charge in [-0.05, 0) is 82.1 Å². The van der Waals surface area contributed by atoms with Crippen LogP contribution >= 0.6 is 28.1 Å². The normalized spacial score (nSPS) is 16.8. The lowest BCUT2D eigenvalue weighted by Gasteiger charge is -2.26. The molecule has 2 N–H and O–H groups in total. The van der Waals surface area contributed by atoms with E-state index in [1.165, 1.54) is 12.1 Å². The van der Waals surface area contributed by atoms with Gasteiger partial charge in [0, 0.05) is 40.3 Å². The molecule has 3 aromatic carbocycles. The quantitative estimate of drug-likeness (QED) is 0.186. The summed E-state index contributed by atoms with van der Waals surface area (Å²) >= 11 is 9.17. The van der Waals surface area contributed by atoms with Gasteiger partial charge in [0.25, 0.3) is 0 Å². The standard InChI is InChI=1S/C31H24BrFN4O2S/c32-23-18-20(33)11-12-22(23)26-13-14-27(39-26)30-29(25-9-3-4-16-34-25)36-31(40)37(30)17-15-28(38)35-24-10-5-7-19-6-1-2-8-21(19)24/h1-14,16,18,29-30H,15,17H2,(H,35,38)(H,36,40)/t29-,30-/m1/s1. The molecule has 2 atom stereocenters. The number of carbonyl (C=O) groups excluding carboxylic acids is 1. The Hall–Kier alpha value is -4.08. The van der Waals surface area contributed by atoms with Gasteiger partial charge in [-0.25, -0.2) is 4.39 Å². The van der Waals surface area contributed by atoms with Gasteiger partial charge in [-0.2, -0.15) is 0 Å². The zero-order chi connectivity index (χ0) is 27.6. The van der Waals surface area contributed by atoms with Crippen LogP contribution in [0.5, 0.6) is 0 Å². The first-order valence-electron chi connectivity index (χ1n) is 12.8. The van der Waals surface area contributed by atoms with Crippen LogP contribution in [0, 0.1) is 5.82 Å². The first kappa shape index (κ1) is 26.2. The smallest absolute Gasteiger partial charge is 0.226 e. The van der Waals surface area contributed by atoms with E-state index in [1.807, 2.05) is 77.7 Å². The van der Waals surface area contributed by atoms with Gasteiger partial charge in [0.1, 0.15) is 23.4 Å². The van der Waals surface area contributed by atoms with Crippen LogP contribution in [0.25, 0.3) is 22.1 Å². The number of furan rings is 1. The van der Waals surface area contributed by atoms with E-state index in [1.54, 1.807) is 12.3 Å². The number of benzene rings is 3. The van der Waals surface area contributed by atoms with Crippen LogP contribution in [-0.2, 0) is 4.79 Å². The van der Waals surface area contributed by atoms with Gasteiger partial charge in [0.2, 0.25) is 5.91 Å². The minimum Gasteiger partial charge on any atom is -0.459 e. The maximum absolute atomic E-state index is 13.7. The summed E-state index contributed by atoms with van der Waals surface area (Å²) in [5.74, 6) is 0.794. The number of halogens is 2. The Labute approximate surface area is 244 Å². The third-order valence-electron chi connectivity index (χ3n) is 6.96. The van der Waals surface area contributed by atoms with Gasteiger partial charge >= 0.3 is 0 Å². The van der Waals surface area contributed by atoms with E-state index in [2.05, 4.69) is 31.5 Å². The summed E-state index contributed by atoms with van der Waals surface area (Å²) in [5.41, 5.74) is 2.31. The predicted molar refractivity (Wildman–Crippen MR) is 161 cm³/mol. The molecule has 0 aliphatic carbocycles. The van der Waals surface area contributed by atoms with E-state index < -0.39 is 0 Å². The lowest BCUT2D eigenvalue weighted by atomic mass is 10.0. The Morgan fingerprint density at radius 3 is 2.70 bits per heavy atom. The van der Waals surface area contributed by atoms with Crippen LogP contribution in [0.3, 0.4) is 0 Å². The number of pyridine rings is 1. The number of hydrogen-bond acceptors (Lipinski definition) is 4.